The molecule has 0 aromatic heterocycles. The van der Waals surface area contributed by atoms with E-state index < -0.39 is 0 Å². The van der Waals surface area contributed by atoms with Crippen LogP contribution in [0, 0.1) is 13.8 Å². The second-order valence-electron chi connectivity index (χ2n) is 8.24. The SMILES string of the molecule is COc1ccc([C@@H]2CC(=O)N(CC(=O)Nc3cc(C)ccc3C)c3ccccc3S2)cc1OC. The number of amides is 2. The highest BCUT2D eigenvalue weighted by atomic mass is 32.2. The molecular weight excluding hydrogens is 448 g/mol. The van der Waals surface area contributed by atoms with Gasteiger partial charge >= 0.3 is 0 Å². The monoisotopic (exact) mass is 476 g/mol. The van der Waals surface area contributed by atoms with Crippen LogP contribution in [0.3, 0.4) is 0 Å². The van der Waals surface area contributed by atoms with Gasteiger partial charge in [0.2, 0.25) is 11.8 Å². The van der Waals surface area contributed by atoms with Gasteiger partial charge in [-0.15, -0.1) is 11.8 Å². The maximum atomic E-state index is 13.4. The topological polar surface area (TPSA) is 67.9 Å². The number of carbonyl (C=O) groups is 2. The summed E-state index contributed by atoms with van der Waals surface area (Å²) in [7, 11) is 3.19. The van der Waals surface area contributed by atoms with Crippen LogP contribution < -0.4 is 19.7 Å². The van der Waals surface area contributed by atoms with Gasteiger partial charge in [0, 0.05) is 22.3 Å². The van der Waals surface area contributed by atoms with Crippen molar-refractivity contribution in [1.82, 2.24) is 0 Å². The Bertz CT molecular complexity index is 1230. The standard InChI is InChI=1S/C27H28N2O4S/c1-17-9-10-18(2)20(13-17)28-26(30)16-29-21-7-5-6-8-24(21)34-25(15-27(29)31)19-11-12-22(32-3)23(14-19)33-4/h5-14,25H,15-16H2,1-4H3,(H,28,30)/t25-/m0/s1. The number of rotatable bonds is 6. The van der Waals surface area contributed by atoms with E-state index in [2.05, 4.69) is 5.32 Å². The van der Waals surface area contributed by atoms with Crippen LogP contribution in [-0.2, 0) is 9.59 Å². The number of thioether (sulfide) groups is 1. The number of para-hydroxylation sites is 1. The van der Waals surface area contributed by atoms with E-state index in [0.29, 0.717) is 11.5 Å². The summed E-state index contributed by atoms with van der Waals surface area (Å²) in [6.07, 6.45) is 0.256. The molecule has 176 valence electrons. The summed E-state index contributed by atoms with van der Waals surface area (Å²) in [6, 6.07) is 19.4. The van der Waals surface area contributed by atoms with Crippen LogP contribution in [0.4, 0.5) is 11.4 Å². The number of fused-ring (bicyclic) bond motifs is 1. The summed E-state index contributed by atoms with van der Waals surface area (Å²) < 4.78 is 10.8. The first-order chi connectivity index (χ1) is 16.4. The molecule has 2 amide bonds. The van der Waals surface area contributed by atoms with Crippen LogP contribution >= 0.6 is 11.8 Å². The predicted molar refractivity (Wildman–Crippen MR) is 136 cm³/mol. The fourth-order valence-corrected chi connectivity index (χ4v) is 5.27. The molecule has 34 heavy (non-hydrogen) atoms. The molecule has 0 unspecified atom stereocenters. The Morgan fingerprint density at radius 3 is 2.56 bits per heavy atom. The average Bonchev–Trinajstić information content (AvgIpc) is 2.97. The van der Waals surface area contributed by atoms with Crippen LogP contribution in [0.2, 0.25) is 0 Å². The van der Waals surface area contributed by atoms with Crippen molar-refractivity contribution in [2.75, 3.05) is 31.0 Å². The van der Waals surface area contributed by atoms with Crippen LogP contribution in [-0.4, -0.2) is 32.6 Å². The van der Waals surface area contributed by atoms with Crippen molar-refractivity contribution in [3.05, 3.63) is 77.4 Å². The van der Waals surface area contributed by atoms with E-state index in [1.807, 2.05) is 74.5 Å². The van der Waals surface area contributed by atoms with E-state index in [-0.39, 0.29) is 30.0 Å². The predicted octanol–water partition coefficient (Wildman–Crippen LogP) is 5.53. The van der Waals surface area contributed by atoms with Gasteiger partial charge in [0.25, 0.3) is 0 Å². The lowest BCUT2D eigenvalue weighted by Gasteiger charge is -2.22. The van der Waals surface area contributed by atoms with Gasteiger partial charge in [0.05, 0.1) is 19.9 Å². The minimum atomic E-state index is -0.230. The molecule has 0 bridgehead atoms. The molecule has 0 saturated heterocycles. The van der Waals surface area contributed by atoms with Gasteiger partial charge in [-0.1, -0.05) is 30.3 Å². The van der Waals surface area contributed by atoms with Gasteiger partial charge in [-0.05, 0) is 60.9 Å². The summed E-state index contributed by atoms with van der Waals surface area (Å²) in [5, 5.41) is 2.85. The zero-order valence-electron chi connectivity index (χ0n) is 19.8. The van der Waals surface area contributed by atoms with E-state index in [0.717, 1.165) is 33.0 Å². The lowest BCUT2D eigenvalue weighted by molar-refractivity contribution is -0.121. The van der Waals surface area contributed by atoms with Gasteiger partial charge in [0.1, 0.15) is 6.54 Å². The molecule has 1 heterocycles. The highest BCUT2D eigenvalue weighted by molar-refractivity contribution is 7.99. The third-order valence-corrected chi connectivity index (χ3v) is 7.16. The number of nitrogens with one attached hydrogen (secondary N) is 1. The van der Waals surface area contributed by atoms with E-state index in [1.54, 1.807) is 30.9 Å². The molecule has 0 spiro atoms. The Morgan fingerprint density at radius 1 is 1.03 bits per heavy atom. The largest absolute Gasteiger partial charge is 0.493 e. The highest BCUT2D eigenvalue weighted by Gasteiger charge is 2.31. The molecule has 3 aromatic carbocycles. The molecule has 3 aromatic rings. The minimum absolute atomic E-state index is 0.0531. The molecule has 1 aliphatic heterocycles. The molecule has 0 radical (unpaired) electrons. The van der Waals surface area contributed by atoms with Crippen molar-refractivity contribution < 1.29 is 19.1 Å². The first-order valence-electron chi connectivity index (χ1n) is 11.0. The van der Waals surface area contributed by atoms with Crippen LogP contribution in [0.25, 0.3) is 0 Å². The number of ether oxygens (including phenoxy) is 2. The van der Waals surface area contributed by atoms with Crippen molar-refractivity contribution in [2.24, 2.45) is 0 Å². The fourth-order valence-electron chi connectivity index (χ4n) is 3.99. The van der Waals surface area contributed by atoms with Crippen LogP contribution in [0.1, 0.15) is 28.4 Å². The summed E-state index contributed by atoms with van der Waals surface area (Å²) in [6.45, 7) is 3.88. The lowest BCUT2D eigenvalue weighted by atomic mass is 10.1. The Kier molecular flexibility index (Phi) is 7.12. The van der Waals surface area contributed by atoms with Crippen molar-refractivity contribution in [2.45, 2.75) is 30.4 Å². The third-order valence-electron chi connectivity index (χ3n) is 5.83. The van der Waals surface area contributed by atoms with E-state index in [1.165, 1.54) is 0 Å². The molecule has 1 N–H and O–H groups in total. The molecule has 7 heteroatoms. The number of nitrogens with zero attached hydrogens (tertiary/aromatic N) is 1. The second-order valence-corrected chi connectivity index (χ2v) is 9.48. The van der Waals surface area contributed by atoms with E-state index in [9.17, 15) is 9.59 Å². The Morgan fingerprint density at radius 2 is 1.79 bits per heavy atom. The van der Waals surface area contributed by atoms with Crippen molar-refractivity contribution in [3.63, 3.8) is 0 Å². The van der Waals surface area contributed by atoms with Crippen molar-refractivity contribution >= 4 is 35.0 Å². The Labute approximate surface area is 204 Å². The van der Waals surface area contributed by atoms with Gasteiger partial charge in [-0.3, -0.25) is 9.59 Å². The maximum Gasteiger partial charge on any atom is 0.244 e. The molecule has 0 aliphatic carbocycles. The van der Waals surface area contributed by atoms with Gasteiger partial charge in [0.15, 0.2) is 11.5 Å². The number of carbonyl (C=O) groups excluding carboxylic acids is 2. The summed E-state index contributed by atoms with van der Waals surface area (Å²) in [4.78, 5) is 28.9. The molecule has 0 saturated carbocycles. The number of hydrogen-bond acceptors (Lipinski definition) is 5. The third kappa shape index (κ3) is 5.04. The molecule has 4 rings (SSSR count). The molecular formula is C27H28N2O4S. The van der Waals surface area contributed by atoms with Gasteiger partial charge < -0.3 is 19.7 Å². The van der Waals surface area contributed by atoms with Crippen molar-refractivity contribution in [3.8, 4) is 11.5 Å². The first-order valence-corrected chi connectivity index (χ1v) is 11.9. The Hall–Kier alpha value is -3.45. The Balaban J connectivity index is 1.60. The zero-order chi connectivity index (χ0) is 24.2. The number of benzene rings is 3. The van der Waals surface area contributed by atoms with Crippen LogP contribution in [0.5, 0.6) is 11.5 Å². The number of methoxy groups -OCH3 is 2. The molecule has 1 aliphatic rings. The number of anilines is 2. The fraction of sp³-hybridized carbons (Fsp3) is 0.259. The normalized spacial score (nSPS) is 15.4. The second kappa shape index (κ2) is 10.2. The minimum Gasteiger partial charge on any atom is -0.493 e. The summed E-state index contributed by atoms with van der Waals surface area (Å²) in [5.74, 6) is 0.927. The number of hydrogen-bond donors (Lipinski definition) is 1. The first kappa shape index (κ1) is 23.7. The summed E-state index contributed by atoms with van der Waals surface area (Å²) in [5.41, 5.74) is 4.51. The van der Waals surface area contributed by atoms with Gasteiger partial charge in [-0.25, -0.2) is 0 Å². The van der Waals surface area contributed by atoms with Crippen LogP contribution in [0.15, 0.2) is 65.6 Å². The summed E-state index contributed by atoms with van der Waals surface area (Å²) >= 11 is 1.62. The lowest BCUT2D eigenvalue weighted by Crippen LogP contribution is -2.38. The smallest absolute Gasteiger partial charge is 0.244 e. The quantitative estimate of drug-likeness (QED) is 0.507. The average molecular weight is 477 g/mol. The molecule has 1 atom stereocenters. The van der Waals surface area contributed by atoms with E-state index >= 15 is 0 Å². The van der Waals surface area contributed by atoms with Crippen molar-refractivity contribution in [1.29, 1.82) is 0 Å². The highest BCUT2D eigenvalue weighted by Crippen LogP contribution is 2.46. The molecule has 0 fully saturated rings. The maximum absolute atomic E-state index is 13.4. The zero-order valence-corrected chi connectivity index (χ0v) is 20.6. The van der Waals surface area contributed by atoms with E-state index in [4.69, 9.17) is 9.47 Å². The number of aryl methyl sites for hydroxylation is 2. The molecule has 6 nitrogen and oxygen atoms in total. The van der Waals surface area contributed by atoms with Gasteiger partial charge in [-0.2, -0.15) is 0 Å².